The number of hydrogen-bond donors (Lipinski definition) is 2. The Bertz CT molecular complexity index is 1390. The van der Waals surface area contributed by atoms with Crippen LogP contribution < -0.4 is 14.2 Å². The van der Waals surface area contributed by atoms with E-state index in [9.17, 15) is 9.90 Å². The van der Waals surface area contributed by atoms with Crippen LogP contribution in [-0.4, -0.2) is 36.0 Å². The van der Waals surface area contributed by atoms with E-state index in [1.807, 2.05) is 58.0 Å². The van der Waals surface area contributed by atoms with Crippen LogP contribution >= 0.6 is 0 Å². The van der Waals surface area contributed by atoms with E-state index in [2.05, 4.69) is 0 Å². The average Bonchev–Trinajstić information content (AvgIpc) is 3.48. The normalized spacial score (nSPS) is 17.9. The number of aliphatic hydroxyl groups is 1. The molecule has 1 unspecified atom stereocenters. The van der Waals surface area contributed by atoms with Crippen LogP contribution in [0.1, 0.15) is 66.5 Å². The standard InChI is InChI=1S/C32H35FO6/c1-18-11-22(38-17-32(3,4)16-34)12-19(2)30(18)24-7-9-26(33)31-25(24)8-10-27(31)39-21-5-6-23-20(13-29(35)36)15-37-28(23)14-21/h5-7,9,11-12,14,20,27,34H,8,10,13,15-17H2,1-4H3,(H,35,36)/t20?,27-/m1/s1. The zero-order valence-corrected chi connectivity index (χ0v) is 22.8. The summed E-state index contributed by atoms with van der Waals surface area (Å²) in [6.07, 6.45) is 0.928. The molecule has 2 aliphatic rings. The van der Waals surface area contributed by atoms with Gasteiger partial charge in [-0.25, -0.2) is 4.39 Å². The number of halogens is 1. The molecule has 0 saturated heterocycles. The highest BCUT2D eigenvalue weighted by Gasteiger charge is 2.32. The molecule has 6 nitrogen and oxygen atoms in total. The molecular formula is C32H35FO6. The number of aliphatic hydroxyl groups excluding tert-OH is 1. The molecule has 0 saturated carbocycles. The van der Waals surface area contributed by atoms with Crippen molar-refractivity contribution in [2.75, 3.05) is 19.8 Å². The van der Waals surface area contributed by atoms with Crippen molar-refractivity contribution in [2.45, 2.75) is 59.0 Å². The van der Waals surface area contributed by atoms with Crippen molar-refractivity contribution in [2.24, 2.45) is 5.41 Å². The summed E-state index contributed by atoms with van der Waals surface area (Å²) in [5.74, 6) is 0.637. The van der Waals surface area contributed by atoms with Crippen molar-refractivity contribution >= 4 is 5.97 Å². The number of carbonyl (C=O) groups is 1. The minimum atomic E-state index is -0.857. The fourth-order valence-corrected chi connectivity index (χ4v) is 5.66. The molecule has 2 N–H and O–H groups in total. The minimum Gasteiger partial charge on any atom is -0.493 e. The van der Waals surface area contributed by atoms with Crippen molar-refractivity contribution in [3.63, 3.8) is 0 Å². The van der Waals surface area contributed by atoms with E-state index >= 15 is 4.39 Å². The van der Waals surface area contributed by atoms with Crippen molar-refractivity contribution in [3.8, 4) is 28.4 Å². The Morgan fingerprint density at radius 3 is 2.54 bits per heavy atom. The van der Waals surface area contributed by atoms with Crippen molar-refractivity contribution in [1.82, 2.24) is 0 Å². The monoisotopic (exact) mass is 534 g/mol. The van der Waals surface area contributed by atoms with Crippen molar-refractivity contribution in [1.29, 1.82) is 0 Å². The Hall–Kier alpha value is -3.58. The Morgan fingerprint density at radius 1 is 1.10 bits per heavy atom. The van der Waals surface area contributed by atoms with Crippen molar-refractivity contribution in [3.05, 3.63) is 76.1 Å². The SMILES string of the molecule is Cc1cc(OCC(C)(C)CO)cc(C)c1-c1ccc(F)c2c1CC[C@H]2Oc1ccc2c(c1)OCC2CC(=O)O. The number of fused-ring (bicyclic) bond motifs is 2. The van der Waals surface area contributed by atoms with E-state index in [0.717, 1.165) is 39.1 Å². The van der Waals surface area contributed by atoms with E-state index in [0.29, 0.717) is 43.1 Å². The van der Waals surface area contributed by atoms with Gasteiger partial charge in [-0.1, -0.05) is 26.0 Å². The molecule has 1 aliphatic heterocycles. The van der Waals surface area contributed by atoms with Crippen LogP contribution in [0.25, 0.3) is 11.1 Å². The summed E-state index contributed by atoms with van der Waals surface area (Å²) in [6.45, 7) is 8.75. The molecule has 0 bridgehead atoms. The Morgan fingerprint density at radius 2 is 1.85 bits per heavy atom. The number of carboxylic acids is 1. The van der Waals surface area contributed by atoms with Crippen LogP contribution in [-0.2, 0) is 11.2 Å². The molecule has 3 aromatic rings. The fourth-order valence-electron chi connectivity index (χ4n) is 5.66. The zero-order chi connectivity index (χ0) is 27.9. The summed E-state index contributed by atoms with van der Waals surface area (Å²) in [6, 6.07) is 12.8. The molecule has 1 heterocycles. The van der Waals surface area contributed by atoms with Crippen LogP contribution in [0.3, 0.4) is 0 Å². The van der Waals surface area contributed by atoms with Gasteiger partial charge in [0.2, 0.25) is 0 Å². The highest BCUT2D eigenvalue weighted by atomic mass is 19.1. The molecular weight excluding hydrogens is 499 g/mol. The molecule has 0 radical (unpaired) electrons. The van der Waals surface area contributed by atoms with E-state index in [1.54, 1.807) is 6.07 Å². The number of aliphatic carboxylic acids is 1. The molecule has 0 amide bonds. The van der Waals surface area contributed by atoms with Gasteiger partial charge in [-0.3, -0.25) is 4.79 Å². The maximum atomic E-state index is 15.2. The van der Waals surface area contributed by atoms with Gasteiger partial charge in [0.15, 0.2) is 0 Å². The number of carboxylic acid groups (broad SMARTS) is 1. The quantitative estimate of drug-likeness (QED) is 0.325. The van der Waals surface area contributed by atoms with E-state index in [-0.39, 0.29) is 30.2 Å². The van der Waals surface area contributed by atoms with Crippen LogP contribution in [0.5, 0.6) is 17.2 Å². The predicted molar refractivity (Wildman–Crippen MR) is 146 cm³/mol. The number of benzene rings is 3. The van der Waals surface area contributed by atoms with Gasteiger partial charge in [-0.05, 0) is 78.8 Å². The third-order valence-corrected chi connectivity index (χ3v) is 7.68. The number of ether oxygens (including phenoxy) is 3. The maximum Gasteiger partial charge on any atom is 0.304 e. The zero-order valence-electron chi connectivity index (χ0n) is 22.8. The first-order valence-corrected chi connectivity index (χ1v) is 13.4. The Kier molecular flexibility index (Phi) is 7.29. The second kappa shape index (κ2) is 10.5. The van der Waals surface area contributed by atoms with Crippen LogP contribution in [0, 0.1) is 25.1 Å². The molecule has 0 spiro atoms. The Balaban J connectivity index is 1.40. The lowest BCUT2D eigenvalue weighted by Gasteiger charge is -2.23. The second-order valence-electron chi connectivity index (χ2n) is 11.5. The first-order chi connectivity index (χ1) is 18.6. The largest absolute Gasteiger partial charge is 0.493 e. The molecule has 2 atom stereocenters. The number of aryl methyl sites for hydroxylation is 2. The van der Waals surface area contributed by atoms with Gasteiger partial charge in [0.25, 0.3) is 0 Å². The van der Waals surface area contributed by atoms with Crippen LogP contribution in [0.4, 0.5) is 4.39 Å². The molecule has 7 heteroatoms. The molecule has 3 aromatic carbocycles. The van der Waals surface area contributed by atoms with Gasteiger partial charge in [0.1, 0.15) is 29.2 Å². The van der Waals surface area contributed by atoms with Gasteiger partial charge in [-0.15, -0.1) is 0 Å². The topological polar surface area (TPSA) is 85.2 Å². The molecule has 0 aromatic heterocycles. The van der Waals surface area contributed by atoms with Gasteiger partial charge in [-0.2, -0.15) is 0 Å². The molecule has 5 rings (SSSR count). The van der Waals surface area contributed by atoms with Gasteiger partial charge < -0.3 is 24.4 Å². The number of hydrogen-bond acceptors (Lipinski definition) is 5. The maximum absolute atomic E-state index is 15.2. The van der Waals surface area contributed by atoms with Gasteiger partial charge in [0, 0.05) is 28.5 Å². The Labute approximate surface area is 228 Å². The predicted octanol–water partition coefficient (Wildman–Crippen LogP) is 6.52. The molecule has 206 valence electrons. The number of rotatable bonds is 9. The van der Waals surface area contributed by atoms with Gasteiger partial charge >= 0.3 is 5.97 Å². The lowest BCUT2D eigenvalue weighted by Crippen LogP contribution is -2.25. The summed E-state index contributed by atoms with van der Waals surface area (Å²) in [5, 5.41) is 18.7. The molecule has 0 fully saturated rings. The second-order valence-corrected chi connectivity index (χ2v) is 11.5. The third-order valence-electron chi connectivity index (χ3n) is 7.68. The lowest BCUT2D eigenvalue weighted by molar-refractivity contribution is -0.137. The molecule has 1 aliphatic carbocycles. The summed E-state index contributed by atoms with van der Waals surface area (Å²) < 4.78 is 33.2. The van der Waals surface area contributed by atoms with E-state index in [1.165, 1.54) is 6.07 Å². The first-order valence-electron chi connectivity index (χ1n) is 13.4. The van der Waals surface area contributed by atoms with Crippen LogP contribution in [0.2, 0.25) is 0 Å². The summed E-state index contributed by atoms with van der Waals surface area (Å²) in [5.41, 5.74) is 6.22. The van der Waals surface area contributed by atoms with E-state index < -0.39 is 12.1 Å². The summed E-state index contributed by atoms with van der Waals surface area (Å²) >= 11 is 0. The first kappa shape index (κ1) is 27.0. The summed E-state index contributed by atoms with van der Waals surface area (Å²) in [7, 11) is 0. The lowest BCUT2D eigenvalue weighted by atomic mass is 9.90. The van der Waals surface area contributed by atoms with Crippen LogP contribution in [0.15, 0.2) is 42.5 Å². The smallest absolute Gasteiger partial charge is 0.304 e. The molecule has 39 heavy (non-hydrogen) atoms. The highest BCUT2D eigenvalue weighted by Crippen LogP contribution is 2.45. The highest BCUT2D eigenvalue weighted by molar-refractivity contribution is 5.76. The fraction of sp³-hybridized carbons (Fsp3) is 0.406. The van der Waals surface area contributed by atoms with E-state index in [4.69, 9.17) is 19.3 Å². The van der Waals surface area contributed by atoms with Gasteiger partial charge in [0.05, 0.1) is 26.2 Å². The minimum absolute atomic E-state index is 0.0176. The average molecular weight is 535 g/mol. The van der Waals surface area contributed by atoms with Crippen molar-refractivity contribution < 1.29 is 33.6 Å². The summed E-state index contributed by atoms with van der Waals surface area (Å²) in [4.78, 5) is 11.1. The third kappa shape index (κ3) is 5.46.